The van der Waals surface area contributed by atoms with Gasteiger partial charge in [-0.05, 0) is 27.7 Å². The van der Waals surface area contributed by atoms with Crippen LogP contribution in [0.2, 0.25) is 0 Å². The molecule has 2 saturated heterocycles. The first-order valence-corrected chi connectivity index (χ1v) is 13.3. The second kappa shape index (κ2) is 19.9. The molecular weight excluding hydrogens is 452 g/mol. The highest BCUT2D eigenvalue weighted by molar-refractivity contribution is 5.66. The second-order valence-electron chi connectivity index (χ2n) is 10.0. The number of ether oxygens (including phenoxy) is 6. The molecule has 8 heteroatoms. The van der Waals surface area contributed by atoms with Crippen LogP contribution in [0.1, 0.15) is 99.8 Å². The Morgan fingerprint density at radius 1 is 0.800 bits per heavy atom. The lowest BCUT2D eigenvalue weighted by Gasteiger charge is -2.24. The topological polar surface area (TPSA) is 96.1 Å². The van der Waals surface area contributed by atoms with Crippen LogP contribution in [-0.2, 0) is 38.0 Å². The number of epoxide rings is 2. The summed E-state index contributed by atoms with van der Waals surface area (Å²) in [5, 5.41) is 0. The lowest BCUT2D eigenvalue weighted by Crippen LogP contribution is -2.28. The molecule has 2 aliphatic heterocycles. The second-order valence-corrected chi connectivity index (χ2v) is 10.0. The van der Waals surface area contributed by atoms with E-state index < -0.39 is 11.2 Å². The first-order valence-electron chi connectivity index (χ1n) is 13.3. The molecule has 0 aromatic rings. The highest BCUT2D eigenvalue weighted by Gasteiger charge is 2.25. The average Bonchev–Trinajstić information content (AvgIpc) is 3.73. The van der Waals surface area contributed by atoms with Crippen molar-refractivity contribution >= 4 is 12.4 Å². The van der Waals surface area contributed by atoms with Crippen molar-refractivity contribution in [3.8, 4) is 0 Å². The third-order valence-corrected chi connectivity index (χ3v) is 5.40. The van der Waals surface area contributed by atoms with Crippen LogP contribution < -0.4 is 0 Å². The highest BCUT2D eigenvalue weighted by atomic mass is 16.6. The van der Waals surface area contributed by atoms with Crippen LogP contribution in [0, 0.1) is 0 Å². The number of carbonyl (C=O) groups excluding carboxylic acids is 2. The molecule has 2 atom stereocenters. The maximum atomic E-state index is 10.7. The summed E-state index contributed by atoms with van der Waals surface area (Å²) in [5.41, 5.74) is -0.859. The fraction of sp³-hybridized carbons (Fsp3) is 0.926. The van der Waals surface area contributed by atoms with Crippen molar-refractivity contribution in [2.24, 2.45) is 0 Å². The number of carbonyl (C=O) groups is 2. The SMILES string of the molecule is C1CCCCC1.CC.CC(=O)OC(C)(C)CCOCC1CO1.CC(C)(CCOCC1CO1)OC=O. The standard InChI is InChI=1S/C10H18O4.C9H16O4.C6H12.C2H6/c1-8(11)14-10(2,3)4-5-12-6-9-7-13-9;1-9(2,13-7-10)3-4-11-5-8-6-12-8;1-2-4-6-5-3-1;1-2/h9H,4-7H2,1-3H3;7-8H,3-6H2,1-2H3;1-6H2;1-2H3. The Kier molecular flexibility index (Phi) is 19.2. The van der Waals surface area contributed by atoms with E-state index >= 15 is 0 Å². The van der Waals surface area contributed by atoms with E-state index in [0.29, 0.717) is 57.9 Å². The largest absolute Gasteiger partial charge is 0.462 e. The van der Waals surface area contributed by atoms with Gasteiger partial charge in [-0.1, -0.05) is 52.4 Å². The molecule has 208 valence electrons. The molecule has 0 N–H and O–H groups in total. The molecule has 1 saturated carbocycles. The van der Waals surface area contributed by atoms with Crippen molar-refractivity contribution in [2.75, 3.05) is 39.6 Å². The zero-order valence-corrected chi connectivity index (χ0v) is 23.4. The van der Waals surface area contributed by atoms with Crippen LogP contribution in [0.15, 0.2) is 0 Å². The minimum Gasteiger partial charge on any atom is -0.462 e. The van der Waals surface area contributed by atoms with E-state index in [9.17, 15) is 9.59 Å². The quantitative estimate of drug-likeness (QED) is 0.145. The number of esters is 1. The van der Waals surface area contributed by atoms with Crippen LogP contribution in [-0.4, -0.2) is 75.5 Å². The molecule has 0 aromatic heterocycles. The summed E-state index contributed by atoms with van der Waals surface area (Å²) in [6.07, 6.45) is 11.0. The van der Waals surface area contributed by atoms with Gasteiger partial charge < -0.3 is 28.4 Å². The number of hydrogen-bond donors (Lipinski definition) is 0. The zero-order chi connectivity index (χ0) is 26.6. The number of rotatable bonds is 13. The molecule has 2 heterocycles. The highest BCUT2D eigenvalue weighted by Crippen LogP contribution is 2.17. The Morgan fingerprint density at radius 3 is 1.49 bits per heavy atom. The third kappa shape index (κ3) is 24.3. The Bertz CT molecular complexity index is 512. The van der Waals surface area contributed by atoms with Crippen LogP contribution in [0.5, 0.6) is 0 Å². The van der Waals surface area contributed by atoms with Crippen molar-refractivity contribution in [1.29, 1.82) is 0 Å². The molecular formula is C27H52O8. The van der Waals surface area contributed by atoms with Gasteiger partial charge in [0.05, 0.1) is 39.6 Å². The van der Waals surface area contributed by atoms with Gasteiger partial charge in [0, 0.05) is 19.8 Å². The summed E-state index contributed by atoms with van der Waals surface area (Å²) < 4.78 is 30.6. The van der Waals surface area contributed by atoms with E-state index in [0.717, 1.165) is 13.2 Å². The molecule has 2 unspecified atom stereocenters. The van der Waals surface area contributed by atoms with E-state index in [-0.39, 0.29) is 5.97 Å². The Hall–Kier alpha value is -1.22. The minimum atomic E-state index is -0.434. The Balaban J connectivity index is 0.000000508. The molecule has 0 radical (unpaired) electrons. The minimum absolute atomic E-state index is 0.250. The van der Waals surface area contributed by atoms with Gasteiger partial charge in [-0.3, -0.25) is 9.59 Å². The molecule has 3 fully saturated rings. The fourth-order valence-electron chi connectivity index (χ4n) is 3.08. The van der Waals surface area contributed by atoms with Crippen molar-refractivity contribution in [2.45, 2.75) is 123 Å². The van der Waals surface area contributed by atoms with Crippen molar-refractivity contribution in [3.05, 3.63) is 0 Å². The van der Waals surface area contributed by atoms with E-state index in [4.69, 9.17) is 28.4 Å². The molecule has 0 spiro atoms. The van der Waals surface area contributed by atoms with Gasteiger partial charge in [0.15, 0.2) is 0 Å². The molecule has 8 nitrogen and oxygen atoms in total. The molecule has 0 amide bonds. The first-order chi connectivity index (χ1) is 16.6. The molecule has 3 aliphatic rings. The Labute approximate surface area is 213 Å². The van der Waals surface area contributed by atoms with Crippen molar-refractivity contribution < 1.29 is 38.0 Å². The first kappa shape index (κ1) is 33.8. The molecule has 0 bridgehead atoms. The van der Waals surface area contributed by atoms with Gasteiger partial charge in [-0.15, -0.1) is 0 Å². The number of hydrogen-bond acceptors (Lipinski definition) is 8. The molecule has 35 heavy (non-hydrogen) atoms. The Morgan fingerprint density at radius 2 is 1.17 bits per heavy atom. The summed E-state index contributed by atoms with van der Waals surface area (Å²) in [4.78, 5) is 20.8. The summed E-state index contributed by atoms with van der Waals surface area (Å²) in [6.45, 7) is 17.5. The fourth-order valence-corrected chi connectivity index (χ4v) is 3.08. The predicted molar refractivity (Wildman–Crippen MR) is 136 cm³/mol. The predicted octanol–water partition coefficient (Wildman–Crippen LogP) is 5.24. The molecule has 1 aliphatic carbocycles. The normalized spacial score (nSPS) is 20.4. The van der Waals surface area contributed by atoms with Crippen molar-refractivity contribution in [1.82, 2.24) is 0 Å². The van der Waals surface area contributed by atoms with Gasteiger partial charge in [0.2, 0.25) is 0 Å². The van der Waals surface area contributed by atoms with Gasteiger partial charge in [-0.25, -0.2) is 0 Å². The summed E-state index contributed by atoms with van der Waals surface area (Å²) in [6, 6.07) is 0. The smallest absolute Gasteiger partial charge is 0.303 e. The monoisotopic (exact) mass is 504 g/mol. The lowest BCUT2D eigenvalue weighted by molar-refractivity contribution is -0.155. The maximum absolute atomic E-state index is 10.7. The lowest BCUT2D eigenvalue weighted by atomic mass is 10.0. The van der Waals surface area contributed by atoms with Crippen LogP contribution in [0.3, 0.4) is 0 Å². The third-order valence-electron chi connectivity index (χ3n) is 5.40. The van der Waals surface area contributed by atoms with E-state index in [1.54, 1.807) is 0 Å². The van der Waals surface area contributed by atoms with E-state index in [1.807, 2.05) is 41.5 Å². The van der Waals surface area contributed by atoms with Crippen molar-refractivity contribution in [3.63, 3.8) is 0 Å². The van der Waals surface area contributed by atoms with Gasteiger partial charge in [0.25, 0.3) is 6.47 Å². The van der Waals surface area contributed by atoms with Crippen LogP contribution in [0.4, 0.5) is 0 Å². The summed E-state index contributed by atoms with van der Waals surface area (Å²) >= 11 is 0. The zero-order valence-electron chi connectivity index (χ0n) is 23.4. The van der Waals surface area contributed by atoms with E-state index in [1.165, 1.54) is 45.4 Å². The molecule has 3 rings (SSSR count). The van der Waals surface area contributed by atoms with E-state index in [2.05, 4.69) is 0 Å². The van der Waals surface area contributed by atoms with Crippen LogP contribution in [0.25, 0.3) is 0 Å². The molecule has 0 aromatic carbocycles. The summed E-state index contributed by atoms with van der Waals surface area (Å²) in [7, 11) is 0. The van der Waals surface area contributed by atoms with Gasteiger partial charge in [0.1, 0.15) is 23.4 Å². The van der Waals surface area contributed by atoms with Gasteiger partial charge in [-0.2, -0.15) is 0 Å². The maximum Gasteiger partial charge on any atom is 0.303 e. The van der Waals surface area contributed by atoms with Gasteiger partial charge >= 0.3 is 5.97 Å². The summed E-state index contributed by atoms with van der Waals surface area (Å²) in [5.74, 6) is -0.250. The average molecular weight is 505 g/mol. The van der Waals surface area contributed by atoms with Crippen LogP contribution >= 0.6 is 0 Å².